The summed E-state index contributed by atoms with van der Waals surface area (Å²) in [6.07, 6.45) is 0. The summed E-state index contributed by atoms with van der Waals surface area (Å²) in [5.41, 5.74) is 0. The maximum atomic E-state index is 11.4. The van der Waals surface area contributed by atoms with Crippen molar-refractivity contribution in [3.05, 3.63) is 44.7 Å². The topological polar surface area (TPSA) is 66.5 Å². The van der Waals surface area contributed by atoms with E-state index < -0.39 is 5.76 Å². The summed E-state index contributed by atoms with van der Waals surface area (Å²) in [6, 6.07) is 4.87. The molecule has 0 atom stereocenters. The monoisotopic (exact) mass is 318 g/mol. The first-order chi connectivity index (χ1) is 9.58. The zero-order valence-corrected chi connectivity index (χ0v) is 12.1. The number of halogens is 2. The number of hydrogen-bond acceptors (Lipinski definition) is 5. The van der Waals surface area contributed by atoms with Crippen LogP contribution in [0.1, 0.15) is 5.89 Å². The zero-order valence-electron chi connectivity index (χ0n) is 10.6. The van der Waals surface area contributed by atoms with Gasteiger partial charge < -0.3 is 13.9 Å². The van der Waals surface area contributed by atoms with Gasteiger partial charge in [-0.25, -0.2) is 4.79 Å². The number of ether oxygens (including phenoxy) is 2. The Balaban J connectivity index is 1.94. The maximum Gasteiger partial charge on any atom is 0.437 e. The van der Waals surface area contributed by atoms with Crippen LogP contribution in [-0.2, 0) is 17.9 Å². The van der Waals surface area contributed by atoms with Crippen molar-refractivity contribution >= 4 is 23.2 Å². The Morgan fingerprint density at radius 2 is 2.00 bits per heavy atom. The Kier molecular flexibility index (Phi) is 5.05. The summed E-state index contributed by atoms with van der Waals surface area (Å²) >= 11 is 11.7. The van der Waals surface area contributed by atoms with Crippen molar-refractivity contribution in [3.8, 4) is 5.75 Å². The van der Waals surface area contributed by atoms with Crippen LogP contribution < -0.4 is 10.5 Å². The van der Waals surface area contributed by atoms with E-state index in [0.29, 0.717) is 15.8 Å². The van der Waals surface area contributed by atoms with E-state index in [-0.39, 0.29) is 25.6 Å². The van der Waals surface area contributed by atoms with Crippen molar-refractivity contribution in [1.29, 1.82) is 0 Å². The molecule has 0 aliphatic carbocycles. The van der Waals surface area contributed by atoms with Gasteiger partial charge in [0.2, 0.25) is 5.89 Å². The van der Waals surface area contributed by atoms with Gasteiger partial charge in [0.25, 0.3) is 0 Å². The predicted octanol–water partition coefficient (Wildman–Crippen LogP) is 2.37. The van der Waals surface area contributed by atoms with Crippen molar-refractivity contribution in [2.45, 2.75) is 13.2 Å². The number of aromatic nitrogens is 2. The Bertz CT molecular complexity index is 618. The molecule has 0 spiro atoms. The normalized spacial score (nSPS) is 10.8. The number of benzene rings is 1. The van der Waals surface area contributed by atoms with Gasteiger partial charge >= 0.3 is 5.76 Å². The van der Waals surface area contributed by atoms with Crippen LogP contribution in [-0.4, -0.2) is 23.5 Å². The van der Waals surface area contributed by atoms with E-state index in [4.69, 9.17) is 37.1 Å². The highest BCUT2D eigenvalue weighted by Gasteiger charge is 2.07. The second-order valence-corrected chi connectivity index (χ2v) is 4.74. The Hall–Kier alpha value is -1.50. The van der Waals surface area contributed by atoms with Crippen LogP contribution in [0.15, 0.2) is 27.4 Å². The van der Waals surface area contributed by atoms with Crippen LogP contribution in [0.2, 0.25) is 10.0 Å². The largest absolute Gasteiger partial charge is 0.492 e. The second kappa shape index (κ2) is 6.78. The van der Waals surface area contributed by atoms with Gasteiger partial charge in [0.1, 0.15) is 19.0 Å². The molecular formula is C12H12Cl2N2O4. The van der Waals surface area contributed by atoms with E-state index in [1.165, 1.54) is 11.8 Å². The van der Waals surface area contributed by atoms with E-state index in [1.54, 1.807) is 18.2 Å². The highest BCUT2D eigenvalue weighted by atomic mass is 35.5. The Morgan fingerprint density at radius 1 is 1.30 bits per heavy atom. The van der Waals surface area contributed by atoms with Gasteiger partial charge in [-0.3, -0.25) is 0 Å². The van der Waals surface area contributed by atoms with Gasteiger partial charge in [-0.05, 0) is 18.2 Å². The SMILES string of the molecule is COCc1nn(CCOc2cc(Cl)cc(Cl)c2)c(=O)o1. The van der Waals surface area contributed by atoms with E-state index in [2.05, 4.69) is 5.10 Å². The lowest BCUT2D eigenvalue weighted by Crippen LogP contribution is -2.20. The van der Waals surface area contributed by atoms with Gasteiger partial charge in [0, 0.05) is 17.2 Å². The molecule has 1 heterocycles. The number of methoxy groups -OCH3 is 1. The summed E-state index contributed by atoms with van der Waals surface area (Å²) < 4.78 is 16.3. The lowest BCUT2D eigenvalue weighted by molar-refractivity contribution is 0.158. The molecule has 2 aromatic rings. The van der Waals surface area contributed by atoms with Crippen LogP contribution in [0, 0.1) is 0 Å². The van der Waals surface area contributed by atoms with Crippen molar-refractivity contribution in [1.82, 2.24) is 9.78 Å². The molecule has 0 aliphatic heterocycles. The highest BCUT2D eigenvalue weighted by molar-refractivity contribution is 6.34. The first-order valence-corrected chi connectivity index (χ1v) is 6.49. The molecule has 0 radical (unpaired) electrons. The average Bonchev–Trinajstić information content (AvgIpc) is 2.69. The zero-order chi connectivity index (χ0) is 14.5. The minimum Gasteiger partial charge on any atom is -0.492 e. The molecule has 0 bridgehead atoms. The molecule has 1 aromatic heterocycles. The Labute approximate surface area is 124 Å². The second-order valence-electron chi connectivity index (χ2n) is 3.87. The van der Waals surface area contributed by atoms with Gasteiger partial charge in [0.05, 0.1) is 6.54 Å². The smallest absolute Gasteiger partial charge is 0.437 e. The van der Waals surface area contributed by atoms with Gasteiger partial charge in [0.15, 0.2) is 0 Å². The van der Waals surface area contributed by atoms with Crippen molar-refractivity contribution in [2.24, 2.45) is 0 Å². The van der Waals surface area contributed by atoms with Crippen molar-refractivity contribution < 1.29 is 13.9 Å². The number of hydrogen-bond donors (Lipinski definition) is 0. The average molecular weight is 319 g/mol. The molecule has 0 amide bonds. The molecule has 8 heteroatoms. The van der Waals surface area contributed by atoms with Crippen LogP contribution in [0.25, 0.3) is 0 Å². The summed E-state index contributed by atoms with van der Waals surface area (Å²) in [5, 5.41) is 4.91. The molecule has 20 heavy (non-hydrogen) atoms. The van der Waals surface area contributed by atoms with Gasteiger partial charge in [-0.15, -0.1) is 5.10 Å². The Morgan fingerprint density at radius 3 is 2.65 bits per heavy atom. The van der Waals surface area contributed by atoms with Gasteiger partial charge in [-0.1, -0.05) is 23.2 Å². The fourth-order valence-electron chi connectivity index (χ4n) is 1.53. The van der Waals surface area contributed by atoms with Crippen LogP contribution in [0.5, 0.6) is 5.75 Å². The van der Waals surface area contributed by atoms with Crippen LogP contribution >= 0.6 is 23.2 Å². The van der Waals surface area contributed by atoms with E-state index in [0.717, 1.165) is 0 Å². The molecule has 108 valence electrons. The molecule has 0 aliphatic rings. The molecule has 2 rings (SSSR count). The third kappa shape index (κ3) is 4.00. The molecule has 0 fully saturated rings. The van der Waals surface area contributed by atoms with Gasteiger partial charge in [-0.2, -0.15) is 4.68 Å². The molecule has 0 N–H and O–H groups in total. The highest BCUT2D eigenvalue weighted by Crippen LogP contribution is 2.24. The van der Waals surface area contributed by atoms with E-state index in [9.17, 15) is 4.79 Å². The van der Waals surface area contributed by atoms with E-state index >= 15 is 0 Å². The summed E-state index contributed by atoms with van der Waals surface area (Å²) in [4.78, 5) is 11.4. The summed E-state index contributed by atoms with van der Waals surface area (Å²) in [5.74, 6) is 0.198. The molecule has 0 unspecified atom stereocenters. The predicted molar refractivity (Wildman–Crippen MR) is 73.4 cm³/mol. The summed E-state index contributed by atoms with van der Waals surface area (Å²) in [6.45, 7) is 0.624. The minimum atomic E-state index is -0.551. The fraction of sp³-hybridized carbons (Fsp3) is 0.333. The molecule has 1 aromatic carbocycles. The molecule has 0 saturated carbocycles. The quantitative estimate of drug-likeness (QED) is 0.818. The van der Waals surface area contributed by atoms with Crippen molar-refractivity contribution in [2.75, 3.05) is 13.7 Å². The molecule has 6 nitrogen and oxygen atoms in total. The van der Waals surface area contributed by atoms with Crippen LogP contribution in [0.3, 0.4) is 0 Å². The first kappa shape index (κ1) is 14.9. The first-order valence-electron chi connectivity index (χ1n) is 5.73. The lowest BCUT2D eigenvalue weighted by atomic mass is 10.3. The number of nitrogens with zero attached hydrogens (tertiary/aromatic N) is 2. The fourth-order valence-corrected chi connectivity index (χ4v) is 2.04. The maximum absolute atomic E-state index is 11.4. The third-order valence-corrected chi connectivity index (χ3v) is 2.76. The minimum absolute atomic E-state index is 0.146. The number of rotatable bonds is 6. The standard InChI is InChI=1S/C12H12Cl2N2O4/c1-18-7-11-15-16(12(17)20-11)2-3-19-10-5-8(13)4-9(14)6-10/h4-6H,2-3,7H2,1H3. The lowest BCUT2D eigenvalue weighted by Gasteiger charge is -2.06. The summed E-state index contributed by atoms with van der Waals surface area (Å²) in [7, 11) is 1.49. The van der Waals surface area contributed by atoms with Crippen LogP contribution in [0.4, 0.5) is 0 Å². The van der Waals surface area contributed by atoms with E-state index in [1.807, 2.05) is 0 Å². The third-order valence-electron chi connectivity index (χ3n) is 2.32. The molecular weight excluding hydrogens is 307 g/mol. The molecule has 0 saturated heterocycles. The van der Waals surface area contributed by atoms with Crippen molar-refractivity contribution in [3.63, 3.8) is 0 Å².